The van der Waals surface area contributed by atoms with E-state index in [-0.39, 0.29) is 18.1 Å². The minimum atomic E-state index is -0.784. The molecular formula is C16H21NO3. The van der Waals surface area contributed by atoms with Crippen molar-refractivity contribution in [3.05, 3.63) is 23.8 Å². The van der Waals surface area contributed by atoms with Crippen molar-refractivity contribution in [2.75, 3.05) is 18.0 Å². The van der Waals surface area contributed by atoms with Gasteiger partial charge in [0.05, 0.1) is 6.42 Å². The van der Waals surface area contributed by atoms with Gasteiger partial charge in [0.25, 0.3) is 0 Å². The predicted octanol–water partition coefficient (Wildman–Crippen LogP) is 2.96. The van der Waals surface area contributed by atoms with Crippen LogP contribution in [-0.4, -0.2) is 29.3 Å². The van der Waals surface area contributed by atoms with Gasteiger partial charge >= 0.3 is 5.97 Å². The van der Waals surface area contributed by atoms with Crippen molar-refractivity contribution in [1.82, 2.24) is 0 Å². The summed E-state index contributed by atoms with van der Waals surface area (Å²) >= 11 is 0. The number of hydrogen-bond donors (Lipinski definition) is 2. The van der Waals surface area contributed by atoms with Crippen molar-refractivity contribution < 1.29 is 15.0 Å². The zero-order chi connectivity index (χ0) is 14.1. The van der Waals surface area contributed by atoms with Crippen LogP contribution in [0.25, 0.3) is 0 Å². The molecule has 2 N–H and O–H groups in total. The van der Waals surface area contributed by atoms with E-state index in [1.165, 1.54) is 12.8 Å². The van der Waals surface area contributed by atoms with E-state index in [0.717, 1.165) is 37.2 Å². The second-order valence-corrected chi connectivity index (χ2v) is 5.98. The third kappa shape index (κ3) is 2.74. The largest absolute Gasteiger partial charge is 0.508 e. The number of aliphatic carboxylic acids is 1. The Labute approximate surface area is 119 Å². The molecule has 2 fully saturated rings. The number of carboxylic acid groups (broad SMARTS) is 1. The Hall–Kier alpha value is -1.71. The molecule has 0 bridgehead atoms. The van der Waals surface area contributed by atoms with Gasteiger partial charge in [-0.15, -0.1) is 0 Å². The molecule has 2 aliphatic rings. The lowest BCUT2D eigenvalue weighted by atomic mass is 9.90. The fourth-order valence-corrected chi connectivity index (χ4v) is 3.23. The number of benzene rings is 1. The molecule has 1 aliphatic carbocycles. The van der Waals surface area contributed by atoms with Crippen molar-refractivity contribution in [1.29, 1.82) is 0 Å². The molecule has 1 saturated heterocycles. The fraction of sp³-hybridized carbons (Fsp3) is 0.562. The van der Waals surface area contributed by atoms with Crippen LogP contribution in [-0.2, 0) is 4.79 Å². The number of phenolic OH excluding ortho intramolecular Hbond substituents is 1. The molecule has 0 radical (unpaired) electrons. The molecule has 1 heterocycles. The second kappa shape index (κ2) is 5.35. The summed E-state index contributed by atoms with van der Waals surface area (Å²) in [5, 5.41) is 19.2. The van der Waals surface area contributed by atoms with Crippen LogP contribution in [0.5, 0.6) is 5.75 Å². The molecule has 3 rings (SSSR count). The third-order valence-electron chi connectivity index (χ3n) is 4.47. The van der Waals surface area contributed by atoms with Crippen LogP contribution in [0.3, 0.4) is 0 Å². The Kier molecular flexibility index (Phi) is 3.55. The Morgan fingerprint density at radius 3 is 2.60 bits per heavy atom. The van der Waals surface area contributed by atoms with Gasteiger partial charge in [-0.05, 0) is 55.4 Å². The van der Waals surface area contributed by atoms with Crippen LogP contribution in [0.15, 0.2) is 18.2 Å². The summed E-state index contributed by atoms with van der Waals surface area (Å²) in [5.41, 5.74) is 1.94. The first kappa shape index (κ1) is 13.3. The van der Waals surface area contributed by atoms with E-state index in [4.69, 9.17) is 5.11 Å². The number of carbonyl (C=O) groups is 1. The van der Waals surface area contributed by atoms with E-state index >= 15 is 0 Å². The highest BCUT2D eigenvalue weighted by Gasteiger charge is 2.35. The summed E-state index contributed by atoms with van der Waals surface area (Å²) in [6.07, 6.45) is 4.67. The second-order valence-electron chi connectivity index (χ2n) is 5.98. The smallest absolute Gasteiger partial charge is 0.303 e. The van der Waals surface area contributed by atoms with E-state index in [9.17, 15) is 9.90 Å². The normalized spacial score (nSPS) is 20.1. The van der Waals surface area contributed by atoms with Gasteiger partial charge in [0.2, 0.25) is 0 Å². The van der Waals surface area contributed by atoms with Gasteiger partial charge in [-0.3, -0.25) is 4.79 Å². The minimum absolute atomic E-state index is 0.0462. The van der Waals surface area contributed by atoms with Crippen LogP contribution in [0, 0.1) is 5.92 Å². The average Bonchev–Trinajstić information content (AvgIpc) is 3.11. The molecule has 20 heavy (non-hydrogen) atoms. The van der Waals surface area contributed by atoms with Gasteiger partial charge in [0.15, 0.2) is 0 Å². The quantitative estimate of drug-likeness (QED) is 0.867. The molecule has 4 heteroatoms. The van der Waals surface area contributed by atoms with Gasteiger partial charge < -0.3 is 15.1 Å². The van der Waals surface area contributed by atoms with Gasteiger partial charge in [-0.2, -0.15) is 0 Å². The van der Waals surface area contributed by atoms with Crippen LogP contribution in [0.2, 0.25) is 0 Å². The van der Waals surface area contributed by atoms with Crippen molar-refractivity contribution in [3.63, 3.8) is 0 Å². The summed E-state index contributed by atoms with van der Waals surface area (Å²) in [6.45, 7) is 2.11. The van der Waals surface area contributed by atoms with E-state index in [2.05, 4.69) is 4.90 Å². The number of hydrogen-bond acceptors (Lipinski definition) is 3. The highest BCUT2D eigenvalue weighted by Crippen LogP contribution is 2.47. The van der Waals surface area contributed by atoms with Crippen molar-refractivity contribution >= 4 is 11.7 Å². The molecule has 4 nitrogen and oxygen atoms in total. The Morgan fingerprint density at radius 1 is 1.30 bits per heavy atom. The SMILES string of the molecule is O=C(O)CC(c1cc(N2CCCC2)ccc1O)C1CC1. The van der Waals surface area contributed by atoms with E-state index in [1.807, 2.05) is 12.1 Å². The summed E-state index contributed by atoms with van der Waals surface area (Å²) < 4.78 is 0. The minimum Gasteiger partial charge on any atom is -0.508 e. The number of rotatable bonds is 5. The molecule has 0 amide bonds. The summed E-state index contributed by atoms with van der Waals surface area (Å²) in [4.78, 5) is 13.4. The molecule has 1 saturated carbocycles. The van der Waals surface area contributed by atoms with Gasteiger partial charge in [0, 0.05) is 24.7 Å². The van der Waals surface area contributed by atoms with Crippen molar-refractivity contribution in [2.24, 2.45) is 5.92 Å². The Balaban J connectivity index is 1.89. The Morgan fingerprint density at radius 2 is 2.00 bits per heavy atom. The van der Waals surface area contributed by atoms with E-state index < -0.39 is 5.97 Å². The number of anilines is 1. The molecule has 0 spiro atoms. The number of carboxylic acids is 1. The van der Waals surface area contributed by atoms with Gasteiger partial charge in [-0.25, -0.2) is 0 Å². The zero-order valence-corrected chi connectivity index (χ0v) is 11.6. The lowest BCUT2D eigenvalue weighted by molar-refractivity contribution is -0.137. The Bertz CT molecular complexity index is 504. The van der Waals surface area contributed by atoms with Crippen molar-refractivity contribution in [3.8, 4) is 5.75 Å². The lowest BCUT2D eigenvalue weighted by Gasteiger charge is -2.22. The summed E-state index contributed by atoms with van der Waals surface area (Å²) in [6, 6.07) is 5.67. The predicted molar refractivity (Wildman–Crippen MR) is 77.3 cm³/mol. The highest BCUT2D eigenvalue weighted by molar-refractivity contribution is 5.69. The monoisotopic (exact) mass is 275 g/mol. The first-order valence-electron chi connectivity index (χ1n) is 7.45. The maximum Gasteiger partial charge on any atom is 0.303 e. The molecule has 1 aromatic carbocycles. The maximum atomic E-state index is 11.1. The lowest BCUT2D eigenvalue weighted by Crippen LogP contribution is -2.18. The van der Waals surface area contributed by atoms with Crippen LogP contribution in [0.1, 0.15) is 43.6 Å². The summed E-state index contributed by atoms with van der Waals surface area (Å²) in [7, 11) is 0. The molecule has 1 aliphatic heterocycles. The molecule has 1 atom stereocenters. The molecular weight excluding hydrogens is 254 g/mol. The van der Waals surface area contributed by atoms with Crippen molar-refractivity contribution in [2.45, 2.75) is 38.0 Å². The molecule has 1 unspecified atom stereocenters. The first-order valence-corrected chi connectivity index (χ1v) is 7.45. The summed E-state index contributed by atoms with van der Waals surface area (Å²) in [5.74, 6) is -0.167. The molecule has 108 valence electrons. The standard InChI is InChI=1S/C16H21NO3/c18-15-6-5-12(17-7-1-2-8-17)9-14(15)13(10-16(19)20)11-3-4-11/h5-6,9,11,13,18H,1-4,7-8,10H2,(H,19,20). The van der Waals surface area contributed by atoms with Crippen LogP contribution in [0.4, 0.5) is 5.69 Å². The zero-order valence-electron chi connectivity index (χ0n) is 11.6. The number of aromatic hydroxyl groups is 1. The first-order chi connectivity index (χ1) is 9.65. The number of phenols is 1. The van der Waals surface area contributed by atoms with Gasteiger partial charge in [-0.1, -0.05) is 0 Å². The van der Waals surface area contributed by atoms with E-state index in [1.54, 1.807) is 6.07 Å². The van der Waals surface area contributed by atoms with E-state index in [0.29, 0.717) is 5.92 Å². The van der Waals surface area contributed by atoms with Gasteiger partial charge in [0.1, 0.15) is 5.75 Å². The molecule has 1 aromatic rings. The molecule has 0 aromatic heterocycles. The highest BCUT2D eigenvalue weighted by atomic mass is 16.4. The third-order valence-corrected chi connectivity index (χ3v) is 4.47. The topological polar surface area (TPSA) is 60.8 Å². The average molecular weight is 275 g/mol. The fourth-order valence-electron chi connectivity index (χ4n) is 3.23. The maximum absolute atomic E-state index is 11.1. The number of nitrogens with zero attached hydrogens (tertiary/aromatic N) is 1. The van der Waals surface area contributed by atoms with Crippen LogP contribution < -0.4 is 4.90 Å². The van der Waals surface area contributed by atoms with Crippen LogP contribution >= 0.6 is 0 Å².